The van der Waals surface area contributed by atoms with E-state index in [4.69, 9.17) is 4.74 Å². The highest BCUT2D eigenvalue weighted by Gasteiger charge is 2.41. The number of carbonyl (C=O) groups is 1. The fraction of sp³-hybridized carbons (Fsp3) is 0.581. The molecule has 2 aromatic rings. The topological polar surface area (TPSA) is 53.6 Å². The number of fused-ring (bicyclic) bond motifs is 4. The molecule has 36 heavy (non-hydrogen) atoms. The predicted molar refractivity (Wildman–Crippen MR) is 146 cm³/mol. The summed E-state index contributed by atoms with van der Waals surface area (Å²) in [6.07, 6.45) is 9.38. The van der Waals surface area contributed by atoms with E-state index >= 15 is 0 Å². The van der Waals surface area contributed by atoms with Gasteiger partial charge in [0.05, 0.1) is 12.6 Å². The normalized spacial score (nSPS) is 24.2. The second kappa shape index (κ2) is 11.8. The Bertz CT molecular complexity index is 1020. The number of amides is 1. The molecule has 194 valence electrons. The van der Waals surface area contributed by atoms with Crippen LogP contribution >= 0.6 is 0 Å². The van der Waals surface area contributed by atoms with Gasteiger partial charge in [-0.1, -0.05) is 56.5 Å². The van der Waals surface area contributed by atoms with E-state index in [0.717, 1.165) is 61.7 Å². The van der Waals surface area contributed by atoms with Crippen LogP contribution in [0.1, 0.15) is 97.9 Å². The quantitative estimate of drug-likeness (QED) is 0.437. The van der Waals surface area contributed by atoms with Crippen LogP contribution in [-0.4, -0.2) is 43.1 Å². The molecule has 5 nitrogen and oxygen atoms in total. The van der Waals surface area contributed by atoms with Crippen molar-refractivity contribution in [2.75, 3.05) is 26.2 Å². The van der Waals surface area contributed by atoms with Crippen molar-refractivity contribution < 1.29 is 9.53 Å². The van der Waals surface area contributed by atoms with Gasteiger partial charge in [0, 0.05) is 30.7 Å². The van der Waals surface area contributed by atoms with E-state index < -0.39 is 0 Å². The molecular weight excluding hydrogens is 446 g/mol. The molecule has 0 aromatic heterocycles. The second-order valence-corrected chi connectivity index (χ2v) is 11.0. The van der Waals surface area contributed by atoms with Gasteiger partial charge in [-0.15, -0.1) is 0 Å². The lowest BCUT2D eigenvalue weighted by molar-refractivity contribution is 0.0542. The highest BCUT2D eigenvalue weighted by molar-refractivity contribution is 5.97. The number of rotatable bonds is 9. The third-order valence-electron chi connectivity index (χ3n) is 8.51. The standard InChI is InChI=1S/C31H43N3O2/c1-3-4-5-9-17-36-26-18-24-14-16-34-21-25-13-10-15-32-28(25)20-29(34)30(24)27(19-26)31(35)33-22(2)23-11-7-6-8-12-23/h6-8,11-12,18-19,22,25,28-29,32H,3-5,9-10,13-17,20-21H2,1-2H3,(H,33,35)/t22-,25-,28+,29-/m1/s1. The fourth-order valence-electron chi connectivity index (χ4n) is 6.52. The molecule has 1 amide bonds. The Labute approximate surface area is 217 Å². The SMILES string of the molecule is CCCCCCOc1cc2c(c(C(=O)N[C@H](C)c3ccccc3)c1)[C@H]1C[C@@H]3NCCC[C@@H]3CN1CC2. The van der Waals surface area contributed by atoms with Crippen LogP contribution in [-0.2, 0) is 6.42 Å². The van der Waals surface area contributed by atoms with E-state index in [-0.39, 0.29) is 11.9 Å². The summed E-state index contributed by atoms with van der Waals surface area (Å²) in [4.78, 5) is 16.5. The number of piperidine rings is 2. The number of benzene rings is 2. The average molecular weight is 490 g/mol. The highest BCUT2D eigenvalue weighted by Crippen LogP contribution is 2.43. The zero-order chi connectivity index (χ0) is 24.9. The molecule has 4 atom stereocenters. The summed E-state index contributed by atoms with van der Waals surface area (Å²) in [7, 11) is 0. The van der Waals surface area contributed by atoms with Crippen LogP contribution in [0.4, 0.5) is 0 Å². The van der Waals surface area contributed by atoms with Gasteiger partial charge in [-0.3, -0.25) is 9.69 Å². The lowest BCUT2D eigenvalue weighted by atomic mass is 9.76. The minimum absolute atomic E-state index is 0.0135. The Morgan fingerprint density at radius 2 is 2.06 bits per heavy atom. The van der Waals surface area contributed by atoms with Gasteiger partial charge in [-0.05, 0) is 80.3 Å². The van der Waals surface area contributed by atoms with Crippen LogP contribution in [0.3, 0.4) is 0 Å². The first-order valence-electron chi connectivity index (χ1n) is 14.3. The smallest absolute Gasteiger partial charge is 0.252 e. The first-order valence-corrected chi connectivity index (χ1v) is 14.3. The Kier molecular flexibility index (Phi) is 8.28. The summed E-state index contributed by atoms with van der Waals surface area (Å²) in [6.45, 7) is 8.33. The highest BCUT2D eigenvalue weighted by atomic mass is 16.5. The van der Waals surface area contributed by atoms with Crippen LogP contribution < -0.4 is 15.4 Å². The third kappa shape index (κ3) is 5.63. The van der Waals surface area contributed by atoms with Gasteiger partial charge < -0.3 is 15.4 Å². The zero-order valence-electron chi connectivity index (χ0n) is 22.1. The minimum atomic E-state index is -0.0524. The molecule has 2 saturated heterocycles. The molecule has 5 heteroatoms. The number of carbonyl (C=O) groups excluding carboxylic acids is 1. The van der Waals surface area contributed by atoms with Crippen LogP contribution in [0.2, 0.25) is 0 Å². The Morgan fingerprint density at radius 1 is 1.19 bits per heavy atom. The van der Waals surface area contributed by atoms with Crippen LogP contribution in [0, 0.1) is 5.92 Å². The van der Waals surface area contributed by atoms with Crippen LogP contribution in [0.15, 0.2) is 42.5 Å². The van der Waals surface area contributed by atoms with Crippen molar-refractivity contribution in [2.24, 2.45) is 5.92 Å². The van der Waals surface area contributed by atoms with Gasteiger partial charge in [0.15, 0.2) is 0 Å². The van der Waals surface area contributed by atoms with Gasteiger partial charge in [0.1, 0.15) is 5.75 Å². The number of nitrogens with zero attached hydrogens (tertiary/aromatic N) is 1. The summed E-state index contributed by atoms with van der Waals surface area (Å²) < 4.78 is 6.22. The molecule has 0 aliphatic carbocycles. The third-order valence-corrected chi connectivity index (χ3v) is 8.51. The molecule has 0 radical (unpaired) electrons. The number of unbranched alkanes of at least 4 members (excludes halogenated alkanes) is 3. The van der Waals surface area contributed by atoms with Crippen molar-refractivity contribution in [1.29, 1.82) is 0 Å². The largest absolute Gasteiger partial charge is 0.494 e. The van der Waals surface area contributed by atoms with Gasteiger partial charge in [-0.2, -0.15) is 0 Å². The molecule has 3 aliphatic heterocycles. The number of nitrogens with one attached hydrogen (secondary N) is 2. The summed E-state index contributed by atoms with van der Waals surface area (Å²) in [5.74, 6) is 1.60. The van der Waals surface area contributed by atoms with E-state index in [1.165, 1.54) is 43.2 Å². The van der Waals surface area contributed by atoms with Gasteiger partial charge in [0.25, 0.3) is 5.91 Å². The number of hydrogen-bond acceptors (Lipinski definition) is 4. The lowest BCUT2D eigenvalue weighted by Crippen LogP contribution is -2.55. The Morgan fingerprint density at radius 3 is 2.89 bits per heavy atom. The molecule has 0 saturated carbocycles. The molecule has 0 unspecified atom stereocenters. The lowest BCUT2D eigenvalue weighted by Gasteiger charge is -2.49. The molecule has 2 aromatic carbocycles. The van der Waals surface area contributed by atoms with Crippen molar-refractivity contribution in [3.05, 3.63) is 64.7 Å². The molecule has 0 bridgehead atoms. The summed E-state index contributed by atoms with van der Waals surface area (Å²) in [6, 6.07) is 15.3. The van der Waals surface area contributed by atoms with E-state index in [1.807, 2.05) is 24.3 Å². The Balaban J connectivity index is 1.42. The molecule has 5 rings (SSSR count). The Hall–Kier alpha value is -2.37. The summed E-state index contributed by atoms with van der Waals surface area (Å²) >= 11 is 0. The molecule has 2 fully saturated rings. The maximum atomic E-state index is 13.8. The van der Waals surface area contributed by atoms with E-state index in [0.29, 0.717) is 18.7 Å². The predicted octanol–water partition coefficient (Wildman–Crippen LogP) is 5.81. The first-order chi connectivity index (χ1) is 17.6. The first kappa shape index (κ1) is 25.3. The average Bonchev–Trinajstić information content (AvgIpc) is 2.91. The van der Waals surface area contributed by atoms with Crippen molar-refractivity contribution in [1.82, 2.24) is 15.5 Å². The summed E-state index contributed by atoms with van der Waals surface area (Å²) in [5, 5.41) is 7.09. The maximum absolute atomic E-state index is 13.8. The van der Waals surface area contributed by atoms with Crippen LogP contribution in [0.25, 0.3) is 0 Å². The summed E-state index contributed by atoms with van der Waals surface area (Å²) in [5.41, 5.74) is 4.47. The fourth-order valence-corrected chi connectivity index (χ4v) is 6.52. The van der Waals surface area contributed by atoms with Crippen molar-refractivity contribution in [3.8, 4) is 5.75 Å². The van der Waals surface area contributed by atoms with E-state index in [2.05, 4.69) is 47.6 Å². The molecule has 3 aliphatic rings. The van der Waals surface area contributed by atoms with Crippen molar-refractivity contribution in [3.63, 3.8) is 0 Å². The molecular formula is C31H43N3O2. The zero-order valence-corrected chi connectivity index (χ0v) is 22.1. The van der Waals surface area contributed by atoms with Crippen molar-refractivity contribution >= 4 is 5.91 Å². The van der Waals surface area contributed by atoms with E-state index in [1.54, 1.807) is 0 Å². The molecule has 0 spiro atoms. The monoisotopic (exact) mass is 489 g/mol. The van der Waals surface area contributed by atoms with Gasteiger partial charge in [0.2, 0.25) is 0 Å². The maximum Gasteiger partial charge on any atom is 0.252 e. The van der Waals surface area contributed by atoms with Gasteiger partial charge in [-0.25, -0.2) is 0 Å². The van der Waals surface area contributed by atoms with E-state index in [9.17, 15) is 4.79 Å². The van der Waals surface area contributed by atoms with Crippen LogP contribution in [0.5, 0.6) is 5.75 Å². The number of ether oxygens (including phenoxy) is 1. The second-order valence-electron chi connectivity index (χ2n) is 11.0. The van der Waals surface area contributed by atoms with Gasteiger partial charge >= 0.3 is 0 Å². The van der Waals surface area contributed by atoms with Crippen molar-refractivity contribution in [2.45, 2.75) is 83.3 Å². The minimum Gasteiger partial charge on any atom is -0.494 e. The number of hydrogen-bond donors (Lipinski definition) is 2. The molecule has 3 heterocycles. The molecule has 2 N–H and O–H groups in total.